The van der Waals surface area contributed by atoms with Crippen LogP contribution in [0.4, 0.5) is 0 Å². The summed E-state index contributed by atoms with van der Waals surface area (Å²) in [4.78, 5) is 4.46. The van der Waals surface area contributed by atoms with Crippen molar-refractivity contribution in [3.63, 3.8) is 0 Å². The second-order valence-electron chi connectivity index (χ2n) is 7.03. The van der Waals surface area contributed by atoms with Gasteiger partial charge in [0, 0.05) is 0 Å². The van der Waals surface area contributed by atoms with Gasteiger partial charge in [0.2, 0.25) is 0 Å². The van der Waals surface area contributed by atoms with Crippen LogP contribution in [-0.2, 0) is 13.1 Å². The predicted octanol–water partition coefficient (Wildman–Crippen LogP) is 1.56. The molecule has 0 atom stereocenters. The van der Waals surface area contributed by atoms with Crippen LogP contribution in [0.5, 0.6) is 0 Å². The molecule has 29 heavy (non-hydrogen) atoms. The molecule has 3 rings (SSSR count). The van der Waals surface area contributed by atoms with E-state index in [-0.39, 0.29) is 0 Å². The van der Waals surface area contributed by atoms with Crippen molar-refractivity contribution in [1.82, 2.24) is 9.80 Å². The molecule has 0 heterocycles. The van der Waals surface area contributed by atoms with Gasteiger partial charge in [-0.2, -0.15) is 0 Å². The Morgan fingerprint density at radius 1 is 0.586 bits per heavy atom. The molecule has 0 bridgehead atoms. The van der Waals surface area contributed by atoms with Gasteiger partial charge in [-0.25, -0.2) is 0 Å². The van der Waals surface area contributed by atoms with Crippen LogP contribution < -0.4 is 10.5 Å². The first-order valence-corrected chi connectivity index (χ1v) is 13.4. The van der Waals surface area contributed by atoms with Crippen molar-refractivity contribution in [3.05, 3.63) is 90.0 Å². The fourth-order valence-corrected chi connectivity index (χ4v) is 4.45. The molecule has 5 heteroatoms. The zero-order valence-electron chi connectivity index (χ0n) is 17.6. The average Bonchev–Trinajstić information content (AvgIpc) is 2.67. The van der Waals surface area contributed by atoms with E-state index in [1.165, 1.54) is 43.1 Å². The monoisotopic (exact) mass is 814 g/mol. The van der Waals surface area contributed by atoms with Crippen LogP contribution >= 0.6 is 0 Å². The van der Waals surface area contributed by atoms with Gasteiger partial charge in [0.1, 0.15) is 0 Å². The van der Waals surface area contributed by atoms with E-state index >= 15 is 0 Å². The topological polar surface area (TPSA) is 6.48 Å². The van der Waals surface area contributed by atoms with E-state index in [9.17, 15) is 0 Å². The SMILES string of the molecule is CN(C)Cc1cccc(CN(C)C)[c]1[Bi].[Te]c1ccccc1.[Te]c1ccccc1. The van der Waals surface area contributed by atoms with Gasteiger partial charge >= 0.3 is 221 Å². The number of nitrogens with zero attached hydrogens (tertiary/aromatic N) is 2. The molecule has 0 aromatic heterocycles. The van der Waals surface area contributed by atoms with E-state index in [1.54, 1.807) is 3.27 Å². The molecule has 3 aromatic rings. The summed E-state index contributed by atoms with van der Waals surface area (Å²) in [6.07, 6.45) is 0. The van der Waals surface area contributed by atoms with Crippen molar-refractivity contribution in [3.8, 4) is 0 Å². The Hall–Kier alpha value is 0.0423. The fourth-order valence-electron chi connectivity index (χ4n) is 2.42. The van der Waals surface area contributed by atoms with Crippen LogP contribution in [-0.4, -0.2) is 107 Å². The summed E-state index contributed by atoms with van der Waals surface area (Å²) >= 11 is 5.39. The molecule has 0 aliphatic heterocycles. The molecule has 0 spiro atoms. The minimum atomic E-state index is 1.05. The summed E-state index contributed by atoms with van der Waals surface area (Å²) in [6, 6.07) is 27.2. The first-order chi connectivity index (χ1) is 13.8. The van der Waals surface area contributed by atoms with Crippen LogP contribution in [0.1, 0.15) is 11.1 Å². The van der Waals surface area contributed by atoms with Gasteiger partial charge < -0.3 is 0 Å². The first kappa shape index (κ1) is 27.1. The quantitative estimate of drug-likeness (QED) is 0.370. The zero-order chi connectivity index (χ0) is 21.6. The van der Waals surface area contributed by atoms with E-state index in [1.807, 2.05) is 81.0 Å². The summed E-state index contributed by atoms with van der Waals surface area (Å²) in [5, 5.41) is 0. The molecule has 0 amide bonds. The first-order valence-electron chi connectivity index (χ1n) is 9.33. The number of hydrogen-bond acceptors (Lipinski definition) is 2. The molecule has 0 aliphatic rings. The van der Waals surface area contributed by atoms with Crippen LogP contribution in [0.2, 0.25) is 0 Å². The molecular formula is C24H29BiN2Te2. The van der Waals surface area contributed by atoms with Crippen LogP contribution in [0.3, 0.4) is 0 Å². The maximum absolute atomic E-state index is 2.24. The second-order valence-corrected chi connectivity index (χ2v) is 11.5. The fraction of sp³-hybridized carbons (Fsp3) is 0.250. The molecule has 4 radical (unpaired) electrons. The Bertz CT molecular complexity index is 744. The van der Waals surface area contributed by atoms with Gasteiger partial charge in [0.05, 0.1) is 0 Å². The Morgan fingerprint density at radius 3 is 1.17 bits per heavy atom. The van der Waals surface area contributed by atoms with Gasteiger partial charge in [-0.05, 0) is 0 Å². The Balaban J connectivity index is 0.000000248. The third-order valence-electron chi connectivity index (χ3n) is 3.66. The van der Waals surface area contributed by atoms with E-state index in [4.69, 9.17) is 0 Å². The van der Waals surface area contributed by atoms with Crippen molar-refractivity contribution >= 4 is 79.8 Å². The Labute approximate surface area is 218 Å². The summed E-state index contributed by atoms with van der Waals surface area (Å²) < 4.78 is 4.21. The zero-order valence-corrected chi connectivity index (χ0v) is 25.7. The van der Waals surface area contributed by atoms with E-state index in [2.05, 4.69) is 80.5 Å². The van der Waals surface area contributed by atoms with Crippen LogP contribution in [0, 0.1) is 0 Å². The molecular weight excluding hydrogens is 780 g/mol. The summed E-state index contributed by atoms with van der Waals surface area (Å²) in [5.74, 6) is 0. The average molecular weight is 810 g/mol. The van der Waals surface area contributed by atoms with Gasteiger partial charge in [-0.15, -0.1) is 0 Å². The van der Waals surface area contributed by atoms with Crippen molar-refractivity contribution < 1.29 is 0 Å². The summed E-state index contributed by atoms with van der Waals surface area (Å²) in [7, 11) is 8.49. The van der Waals surface area contributed by atoms with E-state index < -0.39 is 0 Å². The van der Waals surface area contributed by atoms with Crippen molar-refractivity contribution in [2.45, 2.75) is 13.1 Å². The molecule has 2 nitrogen and oxygen atoms in total. The minimum absolute atomic E-state index is 1.05. The molecule has 0 unspecified atom stereocenters. The molecule has 0 saturated carbocycles. The molecule has 152 valence electrons. The molecule has 0 N–H and O–H groups in total. The van der Waals surface area contributed by atoms with Gasteiger partial charge in [0.15, 0.2) is 0 Å². The van der Waals surface area contributed by atoms with Crippen molar-refractivity contribution in [2.24, 2.45) is 0 Å². The second kappa shape index (κ2) is 15.8. The predicted molar refractivity (Wildman–Crippen MR) is 130 cm³/mol. The molecule has 0 saturated heterocycles. The Morgan fingerprint density at radius 2 is 0.931 bits per heavy atom. The normalized spacial score (nSPS) is 10.0. The van der Waals surface area contributed by atoms with Crippen LogP contribution in [0.25, 0.3) is 0 Å². The molecule has 0 aliphatic carbocycles. The van der Waals surface area contributed by atoms with Crippen LogP contribution in [0.15, 0.2) is 78.9 Å². The third kappa shape index (κ3) is 13.1. The third-order valence-corrected chi connectivity index (χ3v) is 7.45. The Kier molecular flexibility index (Phi) is 14.7. The maximum atomic E-state index is 2.24. The number of benzene rings is 3. The van der Waals surface area contributed by atoms with Gasteiger partial charge in [-0.1, -0.05) is 0 Å². The van der Waals surface area contributed by atoms with E-state index in [0.717, 1.165) is 13.1 Å². The van der Waals surface area contributed by atoms with E-state index in [0.29, 0.717) is 0 Å². The standard InChI is InChI=1S/C12H19N2.2C6H5Te.Bi/c1-13(2)9-11-6-5-7-12(8-11)10-14(3)4;2*7-6-4-2-1-3-5-6;/h5-7H,9-10H2,1-4H3;2*1-5H;. The molecule has 3 aromatic carbocycles. The summed E-state index contributed by atoms with van der Waals surface area (Å²) in [6.45, 7) is 2.10. The molecule has 0 fully saturated rings. The van der Waals surface area contributed by atoms with Gasteiger partial charge in [0.25, 0.3) is 0 Å². The van der Waals surface area contributed by atoms with Crippen molar-refractivity contribution in [2.75, 3.05) is 28.2 Å². The van der Waals surface area contributed by atoms with Crippen molar-refractivity contribution in [1.29, 1.82) is 0 Å². The summed E-state index contributed by atoms with van der Waals surface area (Å²) in [5.41, 5.74) is 2.96. The van der Waals surface area contributed by atoms with Gasteiger partial charge in [-0.3, -0.25) is 0 Å². The number of rotatable bonds is 4. The number of hydrogen-bond donors (Lipinski definition) is 0.